The summed E-state index contributed by atoms with van der Waals surface area (Å²) in [5.41, 5.74) is 3.16. The fraction of sp³-hybridized carbons (Fsp3) is 0.0909. The van der Waals surface area contributed by atoms with Crippen LogP contribution in [0.5, 0.6) is 0 Å². The number of nitrogen functional groups attached to an aromatic ring is 1. The first kappa shape index (κ1) is 13.4. The van der Waals surface area contributed by atoms with Crippen LogP contribution in [0.1, 0.15) is 16.2 Å². The van der Waals surface area contributed by atoms with Crippen LogP contribution in [0.25, 0.3) is 0 Å². The summed E-state index contributed by atoms with van der Waals surface area (Å²) in [6, 6.07) is 5.02. The average molecular weight is 323 g/mol. The Morgan fingerprint density at radius 2 is 2.16 bits per heavy atom. The molecule has 8 heteroatoms. The molecule has 0 aliphatic heterocycles. The number of aryl methyl sites for hydroxylation is 1. The molecule has 4 N–H and O–H groups in total. The summed E-state index contributed by atoms with van der Waals surface area (Å²) in [5, 5.41) is 2.63. The first-order chi connectivity index (χ1) is 9.08. The van der Waals surface area contributed by atoms with Crippen LogP contribution in [-0.2, 0) is 0 Å². The van der Waals surface area contributed by atoms with Crippen LogP contribution >= 0.6 is 15.9 Å². The van der Waals surface area contributed by atoms with Gasteiger partial charge >= 0.3 is 0 Å². The van der Waals surface area contributed by atoms with Crippen LogP contribution in [0.3, 0.4) is 0 Å². The normalized spacial score (nSPS) is 10.1. The molecule has 7 nitrogen and oxygen atoms in total. The highest BCUT2D eigenvalue weighted by Crippen LogP contribution is 2.12. The molecule has 0 fully saturated rings. The molecule has 0 aliphatic carbocycles. The zero-order valence-corrected chi connectivity index (χ0v) is 11.6. The lowest BCUT2D eigenvalue weighted by Crippen LogP contribution is -2.18. The second-order valence-electron chi connectivity index (χ2n) is 3.68. The number of anilines is 2. The monoisotopic (exact) mass is 322 g/mol. The second kappa shape index (κ2) is 5.72. The molecule has 0 saturated carbocycles. The molecule has 2 heterocycles. The number of hydrogen-bond donors (Lipinski definition) is 3. The van der Waals surface area contributed by atoms with Gasteiger partial charge in [0, 0.05) is 16.4 Å². The Morgan fingerprint density at radius 3 is 2.79 bits per heavy atom. The molecular formula is C11H11BrN6O. The highest BCUT2D eigenvalue weighted by molar-refractivity contribution is 9.10. The van der Waals surface area contributed by atoms with Crippen molar-refractivity contribution >= 4 is 33.6 Å². The lowest BCUT2D eigenvalue weighted by atomic mass is 10.3. The van der Waals surface area contributed by atoms with Crippen LogP contribution in [0, 0.1) is 6.92 Å². The van der Waals surface area contributed by atoms with Gasteiger partial charge in [-0.25, -0.2) is 20.8 Å². The molecule has 0 unspecified atom stereocenters. The summed E-state index contributed by atoms with van der Waals surface area (Å²) in [6.45, 7) is 1.75. The number of nitrogens with zero attached hydrogens (tertiary/aromatic N) is 3. The number of pyridine rings is 1. The third-order valence-electron chi connectivity index (χ3n) is 2.18. The van der Waals surface area contributed by atoms with E-state index in [1.807, 2.05) is 0 Å². The van der Waals surface area contributed by atoms with E-state index in [0.29, 0.717) is 11.5 Å². The first-order valence-corrected chi connectivity index (χ1v) is 6.13. The van der Waals surface area contributed by atoms with Crippen molar-refractivity contribution in [3.8, 4) is 0 Å². The van der Waals surface area contributed by atoms with Gasteiger partial charge in [-0.3, -0.25) is 10.2 Å². The molecule has 98 valence electrons. The highest BCUT2D eigenvalue weighted by atomic mass is 79.9. The summed E-state index contributed by atoms with van der Waals surface area (Å²) in [6.07, 6.45) is 1.59. The molecule has 0 radical (unpaired) electrons. The van der Waals surface area contributed by atoms with Crippen LogP contribution in [0.15, 0.2) is 28.9 Å². The topological polar surface area (TPSA) is 106 Å². The van der Waals surface area contributed by atoms with Gasteiger partial charge in [0.05, 0.1) is 0 Å². The molecule has 2 rings (SSSR count). The van der Waals surface area contributed by atoms with Crippen molar-refractivity contribution in [2.45, 2.75) is 6.92 Å². The first-order valence-electron chi connectivity index (χ1n) is 5.33. The number of halogens is 1. The van der Waals surface area contributed by atoms with Gasteiger partial charge in [-0.05, 0) is 41.1 Å². The van der Waals surface area contributed by atoms with E-state index in [2.05, 4.69) is 41.6 Å². The Labute approximate surface area is 117 Å². The van der Waals surface area contributed by atoms with Gasteiger partial charge in [0.1, 0.15) is 11.5 Å². The lowest BCUT2D eigenvalue weighted by molar-refractivity contribution is 0.102. The van der Waals surface area contributed by atoms with Crippen LogP contribution < -0.4 is 16.6 Å². The Kier molecular flexibility index (Phi) is 4.03. The summed E-state index contributed by atoms with van der Waals surface area (Å²) in [5.74, 6) is 5.48. The molecule has 0 aromatic carbocycles. The molecule has 0 spiro atoms. The summed E-state index contributed by atoms with van der Waals surface area (Å²) < 4.78 is 0.831. The van der Waals surface area contributed by atoms with Crippen molar-refractivity contribution in [1.82, 2.24) is 15.0 Å². The lowest BCUT2D eigenvalue weighted by Gasteiger charge is -2.06. The second-order valence-corrected chi connectivity index (χ2v) is 4.59. The van der Waals surface area contributed by atoms with E-state index in [4.69, 9.17) is 5.84 Å². The standard InChI is InChI=1S/C11H11BrN6O/c1-6-4-8(16-11(15-6)18-13)10(19)17-9-3-2-7(12)5-14-9/h2-5H,13H2,1H3,(H,14,17,19)(H,15,16,18). The van der Waals surface area contributed by atoms with Crippen molar-refractivity contribution in [2.75, 3.05) is 10.7 Å². The minimum Gasteiger partial charge on any atom is -0.305 e. The van der Waals surface area contributed by atoms with Crippen LogP contribution in [0.2, 0.25) is 0 Å². The number of aromatic nitrogens is 3. The van der Waals surface area contributed by atoms with E-state index in [1.165, 1.54) is 0 Å². The molecule has 0 saturated heterocycles. The number of carbonyl (C=O) groups excluding carboxylic acids is 1. The van der Waals surface area contributed by atoms with Crippen molar-refractivity contribution in [3.05, 3.63) is 40.3 Å². The number of nitrogens with one attached hydrogen (secondary N) is 2. The van der Waals surface area contributed by atoms with Gasteiger partial charge in [-0.1, -0.05) is 0 Å². The zero-order chi connectivity index (χ0) is 13.8. The largest absolute Gasteiger partial charge is 0.305 e. The van der Waals surface area contributed by atoms with Gasteiger partial charge < -0.3 is 5.32 Å². The maximum atomic E-state index is 12.0. The molecule has 2 aromatic rings. The van der Waals surface area contributed by atoms with E-state index in [0.717, 1.165) is 4.47 Å². The number of hydrazine groups is 1. The molecule has 0 atom stereocenters. The fourth-order valence-corrected chi connectivity index (χ4v) is 1.61. The van der Waals surface area contributed by atoms with Crippen molar-refractivity contribution in [1.29, 1.82) is 0 Å². The average Bonchev–Trinajstić information content (AvgIpc) is 2.40. The highest BCUT2D eigenvalue weighted by Gasteiger charge is 2.11. The molecule has 0 aliphatic rings. The smallest absolute Gasteiger partial charge is 0.275 e. The van der Waals surface area contributed by atoms with Gasteiger partial charge in [0.2, 0.25) is 5.95 Å². The van der Waals surface area contributed by atoms with Gasteiger partial charge in [-0.2, -0.15) is 0 Å². The zero-order valence-electron chi connectivity index (χ0n) is 10.0. The maximum absolute atomic E-state index is 12.0. The van der Waals surface area contributed by atoms with Gasteiger partial charge in [0.15, 0.2) is 0 Å². The van der Waals surface area contributed by atoms with E-state index >= 15 is 0 Å². The van der Waals surface area contributed by atoms with Gasteiger partial charge in [-0.15, -0.1) is 0 Å². The van der Waals surface area contributed by atoms with E-state index < -0.39 is 0 Å². The van der Waals surface area contributed by atoms with Crippen molar-refractivity contribution in [2.24, 2.45) is 5.84 Å². The number of rotatable bonds is 3. The Bertz CT molecular complexity index is 601. The third kappa shape index (κ3) is 3.46. The number of carbonyl (C=O) groups is 1. The van der Waals surface area contributed by atoms with E-state index in [9.17, 15) is 4.79 Å². The molecule has 19 heavy (non-hydrogen) atoms. The van der Waals surface area contributed by atoms with Crippen molar-refractivity contribution < 1.29 is 4.79 Å². The quantitative estimate of drug-likeness (QED) is 0.583. The van der Waals surface area contributed by atoms with Crippen LogP contribution in [-0.4, -0.2) is 20.9 Å². The number of hydrogen-bond acceptors (Lipinski definition) is 6. The predicted octanol–water partition coefficient (Wildman–Crippen LogP) is 1.48. The molecule has 2 aromatic heterocycles. The minimum absolute atomic E-state index is 0.189. The van der Waals surface area contributed by atoms with Gasteiger partial charge in [0.25, 0.3) is 5.91 Å². The van der Waals surface area contributed by atoms with E-state index in [1.54, 1.807) is 31.3 Å². The SMILES string of the molecule is Cc1cc(C(=O)Nc2ccc(Br)cn2)nc(NN)n1. The predicted molar refractivity (Wildman–Crippen MR) is 74.5 cm³/mol. The molecule has 0 bridgehead atoms. The maximum Gasteiger partial charge on any atom is 0.275 e. The summed E-state index contributed by atoms with van der Waals surface area (Å²) in [7, 11) is 0. The molecule has 1 amide bonds. The molecular weight excluding hydrogens is 312 g/mol. The fourth-order valence-electron chi connectivity index (χ4n) is 1.38. The van der Waals surface area contributed by atoms with Crippen LogP contribution in [0.4, 0.5) is 11.8 Å². The minimum atomic E-state index is -0.378. The third-order valence-corrected chi connectivity index (χ3v) is 2.65. The van der Waals surface area contributed by atoms with E-state index in [-0.39, 0.29) is 17.5 Å². The number of amides is 1. The summed E-state index contributed by atoms with van der Waals surface area (Å²) >= 11 is 3.27. The Hall–Kier alpha value is -2.06. The van der Waals surface area contributed by atoms with Crippen molar-refractivity contribution in [3.63, 3.8) is 0 Å². The Morgan fingerprint density at radius 1 is 1.37 bits per heavy atom. The Balaban J connectivity index is 2.20. The number of nitrogens with two attached hydrogens (primary N) is 1. The summed E-state index contributed by atoms with van der Waals surface area (Å²) in [4.78, 5) is 24.0.